The zero-order valence-corrected chi connectivity index (χ0v) is 4.76. The molecule has 2 N–H and O–H groups in total. The number of aromatic nitrogens is 2. The van der Waals surface area contributed by atoms with Crippen molar-refractivity contribution in [1.29, 1.82) is 0 Å². The van der Waals surface area contributed by atoms with Crippen LogP contribution in [-0.4, -0.2) is 9.55 Å². The second kappa shape index (κ2) is 1.89. The summed E-state index contributed by atoms with van der Waals surface area (Å²) in [6.45, 7) is 0. The molecule has 0 saturated heterocycles. The van der Waals surface area contributed by atoms with Crippen molar-refractivity contribution in [2.75, 3.05) is 5.73 Å². The van der Waals surface area contributed by atoms with Crippen molar-refractivity contribution in [1.82, 2.24) is 9.55 Å². The molecule has 10 heavy (non-hydrogen) atoms. The van der Waals surface area contributed by atoms with Crippen LogP contribution >= 0.6 is 0 Å². The summed E-state index contributed by atoms with van der Waals surface area (Å²) in [5.41, 5.74) is 4.91. The number of hydrogen-bond donors (Lipinski definition) is 1. The molecular weight excluding hydrogens is 147 g/mol. The van der Waals surface area contributed by atoms with Crippen molar-refractivity contribution in [2.45, 2.75) is 6.30 Å². The van der Waals surface area contributed by atoms with Crippen molar-refractivity contribution in [3.63, 3.8) is 0 Å². The van der Waals surface area contributed by atoms with Crippen LogP contribution in [0.1, 0.15) is 0 Å². The Hall–Kier alpha value is -1.20. The Kier molecular flexibility index (Phi) is 1.31. The molecule has 0 amide bonds. The quantitative estimate of drug-likeness (QED) is 0.599. The molecule has 0 aliphatic rings. The first-order valence-electron chi connectivity index (χ1n) is 2.37. The molecule has 0 aliphatic heterocycles. The lowest BCUT2D eigenvalue weighted by molar-refractivity contribution is -0.202. The fourth-order valence-corrected chi connectivity index (χ4v) is 0.517. The van der Waals surface area contributed by atoms with Crippen LogP contribution in [0, 0.1) is 0 Å². The minimum absolute atomic E-state index is 0.0625. The molecule has 0 spiro atoms. The van der Waals surface area contributed by atoms with Gasteiger partial charge in [0, 0.05) is 0 Å². The van der Waals surface area contributed by atoms with Crippen molar-refractivity contribution < 1.29 is 13.2 Å². The van der Waals surface area contributed by atoms with Gasteiger partial charge in [0.05, 0.1) is 6.20 Å². The maximum absolute atomic E-state index is 11.7. The third-order valence-electron chi connectivity index (χ3n) is 0.940. The summed E-state index contributed by atoms with van der Waals surface area (Å²) in [5, 5.41) is 0. The normalized spacial score (nSPS) is 11.9. The molecule has 1 heterocycles. The highest BCUT2D eigenvalue weighted by molar-refractivity contribution is 5.25. The fraction of sp³-hybridized carbons (Fsp3) is 0.250. The number of nitrogen functional groups attached to an aromatic ring is 1. The van der Waals surface area contributed by atoms with E-state index in [1.54, 1.807) is 0 Å². The monoisotopic (exact) mass is 151 g/mol. The molecule has 1 aromatic rings. The Labute approximate surface area is 54.3 Å². The van der Waals surface area contributed by atoms with Crippen molar-refractivity contribution in [3.8, 4) is 0 Å². The SMILES string of the molecule is Nc1cncn1C(F)(F)F. The predicted octanol–water partition coefficient (Wildman–Crippen LogP) is 0.942. The van der Waals surface area contributed by atoms with Crippen LogP contribution in [0.3, 0.4) is 0 Å². The van der Waals surface area contributed by atoms with E-state index in [1.807, 2.05) is 0 Å². The summed E-state index contributed by atoms with van der Waals surface area (Å²) in [7, 11) is 0. The second-order valence-electron chi connectivity index (χ2n) is 1.66. The van der Waals surface area contributed by atoms with E-state index < -0.39 is 12.1 Å². The molecule has 1 rings (SSSR count). The van der Waals surface area contributed by atoms with Gasteiger partial charge in [-0.15, -0.1) is 13.2 Å². The fourth-order valence-electron chi connectivity index (χ4n) is 0.517. The van der Waals surface area contributed by atoms with E-state index >= 15 is 0 Å². The van der Waals surface area contributed by atoms with E-state index in [2.05, 4.69) is 4.98 Å². The van der Waals surface area contributed by atoms with Gasteiger partial charge in [-0.3, -0.25) is 0 Å². The molecule has 0 radical (unpaired) electrons. The molecular formula is C4H4F3N3. The number of nitrogens with two attached hydrogens (primary N) is 1. The lowest BCUT2D eigenvalue weighted by atomic mass is 10.7. The highest BCUT2D eigenvalue weighted by Gasteiger charge is 2.31. The molecule has 0 unspecified atom stereocenters. The number of rotatable bonds is 0. The van der Waals surface area contributed by atoms with Crippen molar-refractivity contribution >= 4 is 5.82 Å². The van der Waals surface area contributed by atoms with Crippen LogP contribution in [0.2, 0.25) is 0 Å². The van der Waals surface area contributed by atoms with Crippen molar-refractivity contribution in [2.24, 2.45) is 0 Å². The molecule has 0 fully saturated rings. The predicted molar refractivity (Wildman–Crippen MR) is 27.9 cm³/mol. The molecule has 0 saturated carbocycles. The van der Waals surface area contributed by atoms with Gasteiger partial charge in [0.15, 0.2) is 0 Å². The molecule has 3 nitrogen and oxygen atoms in total. The first-order chi connectivity index (χ1) is 4.52. The van der Waals surface area contributed by atoms with E-state index in [0.29, 0.717) is 6.33 Å². The van der Waals surface area contributed by atoms with Gasteiger partial charge >= 0.3 is 6.30 Å². The van der Waals surface area contributed by atoms with Gasteiger partial charge in [-0.2, -0.15) is 0 Å². The smallest absolute Gasteiger partial charge is 0.384 e. The van der Waals surface area contributed by atoms with Crippen molar-refractivity contribution in [3.05, 3.63) is 12.5 Å². The highest BCUT2D eigenvalue weighted by Crippen LogP contribution is 2.24. The maximum atomic E-state index is 11.7. The molecule has 0 aliphatic carbocycles. The number of imidazole rings is 1. The lowest BCUT2D eigenvalue weighted by Gasteiger charge is -2.07. The van der Waals surface area contributed by atoms with Gasteiger partial charge < -0.3 is 5.73 Å². The standard InChI is InChI=1S/C4H4F3N3/c5-4(6,7)10-2-9-1-3(10)8/h1-2H,8H2. The summed E-state index contributed by atoms with van der Waals surface area (Å²) in [4.78, 5) is 3.21. The van der Waals surface area contributed by atoms with Crippen LogP contribution in [0.25, 0.3) is 0 Å². The van der Waals surface area contributed by atoms with Gasteiger partial charge in [0.1, 0.15) is 12.1 Å². The largest absolute Gasteiger partial charge is 0.491 e. The molecule has 0 bridgehead atoms. The molecule has 6 heteroatoms. The van der Waals surface area contributed by atoms with E-state index in [0.717, 1.165) is 6.20 Å². The number of nitrogens with zero attached hydrogens (tertiary/aromatic N) is 2. The molecule has 56 valence electrons. The highest BCUT2D eigenvalue weighted by atomic mass is 19.4. The Morgan fingerprint density at radius 3 is 2.30 bits per heavy atom. The summed E-state index contributed by atoms with van der Waals surface area (Å²) in [6.07, 6.45) is -2.90. The topological polar surface area (TPSA) is 43.8 Å². The summed E-state index contributed by atoms with van der Waals surface area (Å²) in [5.74, 6) is -0.410. The van der Waals surface area contributed by atoms with Gasteiger partial charge in [-0.1, -0.05) is 0 Å². The van der Waals surface area contributed by atoms with Crippen LogP contribution in [0.5, 0.6) is 0 Å². The van der Waals surface area contributed by atoms with Crippen LogP contribution in [-0.2, 0) is 6.30 Å². The third-order valence-corrected chi connectivity index (χ3v) is 0.940. The maximum Gasteiger partial charge on any atom is 0.491 e. The van der Waals surface area contributed by atoms with Gasteiger partial charge in [-0.25, -0.2) is 9.55 Å². The average Bonchev–Trinajstić information content (AvgIpc) is 2.11. The molecule has 1 aromatic heterocycles. The Bertz CT molecular complexity index is 226. The minimum atomic E-state index is -4.46. The minimum Gasteiger partial charge on any atom is -0.384 e. The van der Waals surface area contributed by atoms with E-state index in [1.165, 1.54) is 0 Å². The number of alkyl halides is 3. The second-order valence-corrected chi connectivity index (χ2v) is 1.66. The average molecular weight is 151 g/mol. The Morgan fingerprint density at radius 1 is 1.50 bits per heavy atom. The van der Waals surface area contributed by atoms with E-state index in [-0.39, 0.29) is 4.57 Å². The summed E-state index contributed by atoms with van der Waals surface area (Å²) >= 11 is 0. The van der Waals surface area contributed by atoms with Crippen LogP contribution in [0.4, 0.5) is 19.0 Å². The Balaban J connectivity index is 3.05. The Morgan fingerprint density at radius 2 is 2.10 bits per heavy atom. The zero-order valence-electron chi connectivity index (χ0n) is 4.76. The summed E-state index contributed by atoms with van der Waals surface area (Å²) in [6, 6.07) is 0. The first-order valence-corrected chi connectivity index (χ1v) is 2.37. The van der Waals surface area contributed by atoms with Crippen LogP contribution < -0.4 is 5.73 Å². The van der Waals surface area contributed by atoms with Gasteiger partial charge in [-0.05, 0) is 0 Å². The van der Waals surface area contributed by atoms with Gasteiger partial charge in [0.2, 0.25) is 0 Å². The van der Waals surface area contributed by atoms with E-state index in [4.69, 9.17) is 5.73 Å². The molecule has 0 aromatic carbocycles. The first kappa shape index (κ1) is 6.91. The molecule has 0 atom stereocenters. The van der Waals surface area contributed by atoms with Crippen LogP contribution in [0.15, 0.2) is 12.5 Å². The number of halogens is 3. The summed E-state index contributed by atoms with van der Waals surface area (Å²) < 4.78 is 35.1. The number of anilines is 1. The zero-order chi connectivity index (χ0) is 7.78. The van der Waals surface area contributed by atoms with E-state index in [9.17, 15) is 13.2 Å². The lowest BCUT2D eigenvalue weighted by Crippen LogP contribution is -2.17. The number of hydrogen-bond acceptors (Lipinski definition) is 2. The van der Waals surface area contributed by atoms with Gasteiger partial charge in [0.25, 0.3) is 0 Å². The third kappa shape index (κ3) is 1.04.